The number of aliphatic hydroxyl groups is 1. The van der Waals surface area contributed by atoms with E-state index in [0.29, 0.717) is 12.5 Å². The maximum Gasteiger partial charge on any atom is 0.155 e. The standard InChI is InChI=1S/C24H32O6/c1-11(2)22-18(29-22)19-24(30-19)21(5)7-6-13-14(9-27-16(13)10-26-12(3)4)15(21)8-17-23(24,28-17)20(22)25/h9,11-12,15,17-20,25H,6-8,10H2,1-5H3. The highest BCUT2D eigenvalue weighted by molar-refractivity contribution is 5.51. The number of hydrogen-bond acceptors (Lipinski definition) is 6. The van der Waals surface area contributed by atoms with Crippen LogP contribution in [0.1, 0.15) is 70.3 Å². The maximum absolute atomic E-state index is 11.6. The molecule has 5 fully saturated rings. The minimum atomic E-state index is -0.628. The number of epoxide rings is 3. The Bertz CT molecular complexity index is 938. The Morgan fingerprint density at radius 3 is 2.70 bits per heavy atom. The first-order valence-corrected chi connectivity index (χ1v) is 11.7. The summed E-state index contributed by atoms with van der Waals surface area (Å²) in [4.78, 5) is 0. The number of fused-ring (bicyclic) bond motifs is 5. The summed E-state index contributed by atoms with van der Waals surface area (Å²) in [5.41, 5.74) is 0.954. The maximum atomic E-state index is 11.6. The van der Waals surface area contributed by atoms with Crippen LogP contribution in [0.3, 0.4) is 0 Å². The van der Waals surface area contributed by atoms with E-state index < -0.39 is 22.9 Å². The summed E-state index contributed by atoms with van der Waals surface area (Å²) in [6.45, 7) is 11.3. The molecule has 164 valence electrons. The minimum Gasteiger partial charge on any atom is -0.466 e. The van der Waals surface area contributed by atoms with Gasteiger partial charge in [-0.15, -0.1) is 0 Å². The molecule has 0 aromatic carbocycles. The van der Waals surface area contributed by atoms with Crippen molar-refractivity contribution in [1.29, 1.82) is 0 Å². The fourth-order valence-corrected chi connectivity index (χ4v) is 8.00. The second-order valence-corrected chi connectivity index (χ2v) is 11.3. The zero-order chi connectivity index (χ0) is 20.8. The number of ether oxygens (including phenoxy) is 4. The van der Waals surface area contributed by atoms with Crippen LogP contribution < -0.4 is 0 Å². The molecule has 0 radical (unpaired) electrons. The van der Waals surface area contributed by atoms with Gasteiger partial charge in [-0.2, -0.15) is 0 Å². The van der Waals surface area contributed by atoms with Gasteiger partial charge in [0.25, 0.3) is 0 Å². The fraction of sp³-hybridized carbons (Fsp3) is 0.833. The molecular formula is C24H32O6. The van der Waals surface area contributed by atoms with Crippen LogP contribution in [0, 0.1) is 11.3 Å². The number of furan rings is 1. The second kappa shape index (κ2) is 5.18. The lowest BCUT2D eigenvalue weighted by Crippen LogP contribution is -2.68. The highest BCUT2D eigenvalue weighted by Crippen LogP contribution is 2.83. The van der Waals surface area contributed by atoms with Crippen LogP contribution in [0.15, 0.2) is 10.7 Å². The van der Waals surface area contributed by atoms with Gasteiger partial charge in [0, 0.05) is 5.41 Å². The van der Waals surface area contributed by atoms with Gasteiger partial charge in [-0.3, -0.25) is 0 Å². The zero-order valence-electron chi connectivity index (χ0n) is 18.4. The molecule has 6 aliphatic rings. The minimum absolute atomic E-state index is 0.0145. The predicted octanol–water partition coefficient (Wildman–Crippen LogP) is 3.09. The molecule has 3 aliphatic carbocycles. The largest absolute Gasteiger partial charge is 0.466 e. The van der Waals surface area contributed by atoms with Crippen molar-refractivity contribution in [2.75, 3.05) is 0 Å². The van der Waals surface area contributed by atoms with E-state index in [0.717, 1.165) is 25.0 Å². The quantitative estimate of drug-likeness (QED) is 0.760. The molecule has 7 rings (SSSR count). The first-order valence-electron chi connectivity index (χ1n) is 11.7. The third-order valence-electron chi connectivity index (χ3n) is 9.62. The van der Waals surface area contributed by atoms with Crippen molar-refractivity contribution in [3.63, 3.8) is 0 Å². The molecule has 6 heteroatoms. The molecular weight excluding hydrogens is 384 g/mol. The van der Waals surface area contributed by atoms with Gasteiger partial charge in [-0.1, -0.05) is 20.8 Å². The lowest BCUT2D eigenvalue weighted by Gasteiger charge is -2.53. The molecule has 9 atom stereocenters. The Morgan fingerprint density at radius 1 is 1.17 bits per heavy atom. The highest BCUT2D eigenvalue weighted by atomic mass is 16.7. The Kier molecular flexibility index (Phi) is 3.21. The van der Waals surface area contributed by atoms with Gasteiger partial charge >= 0.3 is 0 Å². The molecule has 4 heterocycles. The van der Waals surface area contributed by atoms with E-state index in [1.807, 2.05) is 20.1 Å². The predicted molar refractivity (Wildman–Crippen MR) is 106 cm³/mol. The Labute approximate surface area is 177 Å². The van der Waals surface area contributed by atoms with Crippen LogP contribution in [0.25, 0.3) is 0 Å². The fourth-order valence-electron chi connectivity index (χ4n) is 8.00. The van der Waals surface area contributed by atoms with Crippen molar-refractivity contribution in [1.82, 2.24) is 0 Å². The average molecular weight is 417 g/mol. The van der Waals surface area contributed by atoms with E-state index in [2.05, 4.69) is 20.8 Å². The van der Waals surface area contributed by atoms with E-state index in [4.69, 9.17) is 23.4 Å². The summed E-state index contributed by atoms with van der Waals surface area (Å²) in [5, 5.41) is 11.6. The van der Waals surface area contributed by atoms with Crippen LogP contribution in [0.5, 0.6) is 0 Å². The average Bonchev–Trinajstić information content (AvgIpc) is 3.58. The van der Waals surface area contributed by atoms with Gasteiger partial charge in [0.2, 0.25) is 0 Å². The topological polar surface area (TPSA) is 80.2 Å². The van der Waals surface area contributed by atoms with Gasteiger partial charge in [0.15, 0.2) is 5.60 Å². The van der Waals surface area contributed by atoms with Crippen LogP contribution in [-0.4, -0.2) is 52.4 Å². The Morgan fingerprint density at radius 2 is 1.97 bits per heavy atom. The summed E-state index contributed by atoms with van der Waals surface area (Å²) in [6, 6.07) is 0. The summed E-state index contributed by atoms with van der Waals surface area (Å²) >= 11 is 0. The van der Waals surface area contributed by atoms with E-state index >= 15 is 0 Å². The van der Waals surface area contributed by atoms with Crippen molar-refractivity contribution in [3.8, 4) is 0 Å². The second-order valence-electron chi connectivity index (χ2n) is 11.3. The molecule has 1 aromatic heterocycles. The summed E-state index contributed by atoms with van der Waals surface area (Å²) in [7, 11) is 0. The van der Waals surface area contributed by atoms with Crippen LogP contribution in [0.2, 0.25) is 0 Å². The Balaban J connectivity index is 1.28. The van der Waals surface area contributed by atoms with Gasteiger partial charge in [0.1, 0.15) is 41.9 Å². The van der Waals surface area contributed by atoms with Crippen molar-refractivity contribution < 1.29 is 28.5 Å². The smallest absolute Gasteiger partial charge is 0.155 e. The highest BCUT2D eigenvalue weighted by Gasteiger charge is 3.00. The number of rotatable bonds is 4. The first kappa shape index (κ1) is 18.6. The molecule has 3 aliphatic heterocycles. The van der Waals surface area contributed by atoms with E-state index in [1.165, 1.54) is 11.1 Å². The zero-order valence-corrected chi connectivity index (χ0v) is 18.4. The van der Waals surface area contributed by atoms with E-state index in [9.17, 15) is 5.11 Å². The van der Waals surface area contributed by atoms with E-state index in [-0.39, 0.29) is 35.7 Å². The lowest BCUT2D eigenvalue weighted by atomic mass is 9.47. The molecule has 2 saturated carbocycles. The first-order chi connectivity index (χ1) is 14.2. The molecule has 3 saturated heterocycles. The molecule has 9 unspecified atom stereocenters. The lowest BCUT2D eigenvalue weighted by molar-refractivity contribution is -0.0920. The monoisotopic (exact) mass is 416 g/mol. The summed E-state index contributed by atoms with van der Waals surface area (Å²) in [6.07, 6.45) is 4.39. The van der Waals surface area contributed by atoms with Gasteiger partial charge in [0.05, 0.1) is 18.5 Å². The Hall–Kier alpha value is -0.920. The van der Waals surface area contributed by atoms with Gasteiger partial charge < -0.3 is 28.5 Å². The normalized spacial score (nSPS) is 53.9. The van der Waals surface area contributed by atoms with E-state index in [1.54, 1.807) is 0 Å². The molecule has 1 N–H and O–H groups in total. The van der Waals surface area contributed by atoms with Crippen molar-refractivity contribution in [2.45, 2.75) is 114 Å². The molecule has 2 spiro atoms. The van der Waals surface area contributed by atoms with Crippen molar-refractivity contribution >= 4 is 0 Å². The number of hydrogen-bond donors (Lipinski definition) is 1. The molecule has 0 amide bonds. The van der Waals surface area contributed by atoms with Crippen LogP contribution >= 0.6 is 0 Å². The molecule has 6 nitrogen and oxygen atoms in total. The molecule has 0 bridgehead atoms. The molecule has 30 heavy (non-hydrogen) atoms. The van der Waals surface area contributed by atoms with Gasteiger partial charge in [-0.05, 0) is 56.1 Å². The third kappa shape index (κ3) is 1.70. The SMILES string of the molecule is CC(C)OCc1occ2c1CCC1(C)C2CC2OC23C(O)C2(C(C)C)OC2C2OC213. The van der Waals surface area contributed by atoms with Gasteiger partial charge in [-0.25, -0.2) is 0 Å². The molecule has 1 aromatic rings. The van der Waals surface area contributed by atoms with Crippen molar-refractivity contribution in [2.24, 2.45) is 11.3 Å². The van der Waals surface area contributed by atoms with Crippen molar-refractivity contribution in [3.05, 3.63) is 23.2 Å². The van der Waals surface area contributed by atoms with Crippen LogP contribution in [0.4, 0.5) is 0 Å². The third-order valence-corrected chi connectivity index (χ3v) is 9.62. The number of aliphatic hydroxyl groups excluding tert-OH is 1. The van der Waals surface area contributed by atoms with Crippen LogP contribution in [-0.2, 0) is 32.0 Å². The summed E-state index contributed by atoms with van der Waals surface area (Å²) < 4.78 is 31.1. The summed E-state index contributed by atoms with van der Waals surface area (Å²) in [5.74, 6) is 1.51.